The lowest BCUT2D eigenvalue weighted by Crippen LogP contribution is -1.97. The number of nitriles is 1. The van der Waals surface area contributed by atoms with E-state index in [1.54, 1.807) is 12.1 Å². The van der Waals surface area contributed by atoms with Crippen LogP contribution in [0.4, 0.5) is 0 Å². The highest BCUT2D eigenvalue weighted by Gasteiger charge is 1.95. The van der Waals surface area contributed by atoms with E-state index in [4.69, 9.17) is 10.00 Å². The fourth-order valence-corrected chi connectivity index (χ4v) is 1.87. The largest absolute Gasteiger partial charge is 0.494 e. The molecule has 1 aromatic rings. The molecule has 0 aromatic heterocycles. The lowest BCUT2D eigenvalue weighted by atomic mass is 10.1. The number of rotatable bonds is 9. The Bertz CT molecular complexity index is 350. The van der Waals surface area contributed by atoms with E-state index in [0.29, 0.717) is 5.56 Å². The van der Waals surface area contributed by atoms with Crippen LogP contribution in [-0.2, 0) is 0 Å². The van der Waals surface area contributed by atoms with E-state index in [-0.39, 0.29) is 0 Å². The van der Waals surface area contributed by atoms with Crippen molar-refractivity contribution in [2.24, 2.45) is 0 Å². The van der Waals surface area contributed by atoms with E-state index in [1.807, 2.05) is 12.1 Å². The fraction of sp³-hybridized carbons (Fsp3) is 0.562. The molecule has 0 unspecified atom stereocenters. The van der Waals surface area contributed by atoms with E-state index in [9.17, 15) is 0 Å². The number of ether oxygens (including phenoxy) is 1. The van der Waals surface area contributed by atoms with Gasteiger partial charge >= 0.3 is 0 Å². The molecule has 0 N–H and O–H groups in total. The lowest BCUT2D eigenvalue weighted by Gasteiger charge is -2.05. The summed E-state index contributed by atoms with van der Waals surface area (Å²) in [6, 6.07) is 9.40. The molecule has 0 bridgehead atoms. The van der Waals surface area contributed by atoms with Crippen molar-refractivity contribution >= 4 is 0 Å². The molecule has 0 saturated carbocycles. The molecule has 0 heterocycles. The molecule has 2 heteroatoms. The van der Waals surface area contributed by atoms with Crippen molar-refractivity contribution in [3.05, 3.63) is 29.8 Å². The number of hydrogen-bond acceptors (Lipinski definition) is 2. The second-order valence-corrected chi connectivity index (χ2v) is 4.61. The van der Waals surface area contributed by atoms with Gasteiger partial charge in [0.25, 0.3) is 0 Å². The summed E-state index contributed by atoms with van der Waals surface area (Å²) in [5.74, 6) is 0.861. The molecule has 0 amide bonds. The molecular formula is C16H23NO. The monoisotopic (exact) mass is 245 g/mol. The first-order valence-electron chi connectivity index (χ1n) is 6.99. The number of unbranched alkanes of at least 4 members (excludes halogenated alkanes) is 6. The third-order valence-corrected chi connectivity index (χ3v) is 3.00. The van der Waals surface area contributed by atoms with E-state index < -0.39 is 0 Å². The van der Waals surface area contributed by atoms with Gasteiger partial charge in [0.2, 0.25) is 0 Å². The molecule has 0 atom stereocenters. The Balaban J connectivity index is 2.02. The second-order valence-electron chi connectivity index (χ2n) is 4.61. The molecule has 0 saturated heterocycles. The van der Waals surface area contributed by atoms with Crippen LogP contribution in [0.1, 0.15) is 57.4 Å². The highest BCUT2D eigenvalue weighted by Crippen LogP contribution is 2.13. The third-order valence-electron chi connectivity index (χ3n) is 3.00. The Labute approximate surface area is 111 Å². The van der Waals surface area contributed by atoms with Gasteiger partial charge in [-0.1, -0.05) is 45.4 Å². The van der Waals surface area contributed by atoms with Gasteiger partial charge in [-0.15, -0.1) is 0 Å². The first-order chi connectivity index (χ1) is 8.86. The number of benzene rings is 1. The van der Waals surface area contributed by atoms with Gasteiger partial charge in [-0.2, -0.15) is 5.26 Å². The predicted molar refractivity (Wildman–Crippen MR) is 74.6 cm³/mol. The Morgan fingerprint density at radius 3 is 2.17 bits per heavy atom. The molecular weight excluding hydrogens is 222 g/mol. The van der Waals surface area contributed by atoms with Gasteiger partial charge in [0, 0.05) is 0 Å². The summed E-state index contributed by atoms with van der Waals surface area (Å²) in [7, 11) is 0. The molecule has 1 aromatic carbocycles. The zero-order chi connectivity index (χ0) is 13.1. The van der Waals surface area contributed by atoms with Crippen molar-refractivity contribution in [3.8, 4) is 11.8 Å². The van der Waals surface area contributed by atoms with Crippen molar-refractivity contribution in [2.45, 2.75) is 51.9 Å². The van der Waals surface area contributed by atoms with Crippen LogP contribution < -0.4 is 4.74 Å². The van der Waals surface area contributed by atoms with Crippen LogP contribution in [0.3, 0.4) is 0 Å². The Kier molecular flexibility index (Phi) is 7.72. The summed E-state index contributed by atoms with van der Waals surface area (Å²) in [5.41, 5.74) is 0.679. The second kappa shape index (κ2) is 9.53. The molecule has 0 aliphatic rings. The van der Waals surface area contributed by atoms with Crippen LogP contribution in [0.15, 0.2) is 24.3 Å². The Morgan fingerprint density at radius 2 is 1.56 bits per heavy atom. The molecule has 0 radical (unpaired) electrons. The van der Waals surface area contributed by atoms with Crippen molar-refractivity contribution < 1.29 is 4.74 Å². The van der Waals surface area contributed by atoms with E-state index >= 15 is 0 Å². The normalized spacial score (nSPS) is 10.0. The highest BCUT2D eigenvalue weighted by atomic mass is 16.5. The molecule has 1 rings (SSSR count). The summed E-state index contributed by atoms with van der Waals surface area (Å²) >= 11 is 0. The van der Waals surface area contributed by atoms with Gasteiger partial charge in [0.15, 0.2) is 0 Å². The maximum absolute atomic E-state index is 8.67. The van der Waals surface area contributed by atoms with Gasteiger partial charge in [-0.3, -0.25) is 0 Å². The van der Waals surface area contributed by atoms with Crippen molar-refractivity contribution in [3.63, 3.8) is 0 Å². The summed E-state index contributed by atoms with van der Waals surface area (Å²) in [5, 5.41) is 8.67. The van der Waals surface area contributed by atoms with E-state index in [2.05, 4.69) is 13.0 Å². The van der Waals surface area contributed by atoms with Crippen LogP contribution >= 0.6 is 0 Å². The first-order valence-corrected chi connectivity index (χ1v) is 6.99. The van der Waals surface area contributed by atoms with E-state index in [0.717, 1.165) is 18.8 Å². The van der Waals surface area contributed by atoms with Crippen LogP contribution in [0.5, 0.6) is 5.75 Å². The SMILES string of the molecule is CCCCCCCCCOc1ccc(C#N)cc1. The molecule has 0 aliphatic carbocycles. The van der Waals surface area contributed by atoms with Crippen LogP contribution in [0.2, 0.25) is 0 Å². The van der Waals surface area contributed by atoms with Gasteiger partial charge in [0.05, 0.1) is 18.2 Å². The minimum absolute atomic E-state index is 0.679. The lowest BCUT2D eigenvalue weighted by molar-refractivity contribution is 0.304. The summed E-state index contributed by atoms with van der Waals surface area (Å²) < 4.78 is 5.62. The number of hydrogen-bond donors (Lipinski definition) is 0. The standard InChI is InChI=1S/C16H23NO/c1-2-3-4-5-6-7-8-13-18-16-11-9-15(14-17)10-12-16/h9-12H,2-8,13H2,1H3. The molecule has 2 nitrogen and oxygen atoms in total. The average Bonchev–Trinajstić information content (AvgIpc) is 2.42. The average molecular weight is 245 g/mol. The zero-order valence-electron chi connectivity index (χ0n) is 11.3. The topological polar surface area (TPSA) is 33.0 Å². The summed E-state index contributed by atoms with van der Waals surface area (Å²) in [6.07, 6.45) is 9.07. The fourth-order valence-electron chi connectivity index (χ4n) is 1.87. The maximum atomic E-state index is 8.67. The van der Waals surface area contributed by atoms with Crippen LogP contribution in [0.25, 0.3) is 0 Å². The minimum Gasteiger partial charge on any atom is -0.494 e. The number of nitrogens with zero attached hydrogens (tertiary/aromatic N) is 1. The molecule has 0 aliphatic heterocycles. The highest BCUT2D eigenvalue weighted by molar-refractivity contribution is 5.34. The maximum Gasteiger partial charge on any atom is 0.119 e. The van der Waals surface area contributed by atoms with Gasteiger partial charge < -0.3 is 4.74 Å². The quantitative estimate of drug-likeness (QED) is 0.591. The molecule has 0 spiro atoms. The van der Waals surface area contributed by atoms with Crippen molar-refractivity contribution in [2.75, 3.05) is 6.61 Å². The third kappa shape index (κ3) is 6.30. The summed E-state index contributed by atoms with van der Waals surface area (Å²) in [6.45, 7) is 3.02. The van der Waals surface area contributed by atoms with Crippen molar-refractivity contribution in [1.29, 1.82) is 5.26 Å². The van der Waals surface area contributed by atoms with Crippen LogP contribution in [0, 0.1) is 11.3 Å². The summed E-state index contributed by atoms with van der Waals surface area (Å²) in [4.78, 5) is 0. The van der Waals surface area contributed by atoms with Gasteiger partial charge in [-0.05, 0) is 30.7 Å². The van der Waals surface area contributed by atoms with Gasteiger partial charge in [0.1, 0.15) is 5.75 Å². The van der Waals surface area contributed by atoms with E-state index in [1.165, 1.54) is 38.5 Å². The van der Waals surface area contributed by atoms with Crippen LogP contribution in [-0.4, -0.2) is 6.61 Å². The molecule has 18 heavy (non-hydrogen) atoms. The zero-order valence-corrected chi connectivity index (χ0v) is 11.3. The molecule has 98 valence electrons. The smallest absolute Gasteiger partial charge is 0.119 e. The van der Waals surface area contributed by atoms with Crippen molar-refractivity contribution in [1.82, 2.24) is 0 Å². The molecule has 0 fully saturated rings. The first kappa shape index (κ1) is 14.6. The Morgan fingerprint density at radius 1 is 0.944 bits per heavy atom. The Hall–Kier alpha value is -1.49. The minimum atomic E-state index is 0.679. The predicted octanol–water partition coefficient (Wildman–Crippen LogP) is 4.69. The van der Waals surface area contributed by atoms with Gasteiger partial charge in [-0.25, -0.2) is 0 Å².